The molecule has 1 aliphatic heterocycles. The number of nitrogens with zero attached hydrogens (tertiary/aromatic N) is 4. The minimum atomic E-state index is 0.375. The molecule has 3 rings (SSSR count). The van der Waals surface area contributed by atoms with Gasteiger partial charge in [-0.25, -0.2) is 0 Å². The van der Waals surface area contributed by atoms with E-state index in [2.05, 4.69) is 75.6 Å². The number of anilines is 1. The van der Waals surface area contributed by atoms with Crippen LogP contribution in [0.25, 0.3) is 0 Å². The maximum Gasteiger partial charge on any atom is 0.191 e. The summed E-state index contributed by atoms with van der Waals surface area (Å²) in [5, 5.41) is 10.8. The summed E-state index contributed by atoms with van der Waals surface area (Å²) in [6, 6.07) is 10.8. The Morgan fingerprint density at radius 3 is 2.61 bits per heavy atom. The average molecular weight is 427 g/mol. The molecule has 7 heteroatoms. The predicted octanol–water partition coefficient (Wildman–Crippen LogP) is 3.37. The second-order valence-electron chi connectivity index (χ2n) is 8.60. The molecule has 170 valence electrons. The molecule has 2 aromatic rings. The summed E-state index contributed by atoms with van der Waals surface area (Å²) in [5.74, 6) is 2.01. The van der Waals surface area contributed by atoms with Gasteiger partial charge in [0, 0.05) is 51.5 Å². The Morgan fingerprint density at radius 2 is 1.94 bits per heavy atom. The topological polar surface area (TPSA) is 68.9 Å². The SMILES string of the molecule is CN=C(NCCCCN1CCN(c2cccc(C)c2)CC1)NCc1cc(C(C)C)no1. The van der Waals surface area contributed by atoms with Gasteiger partial charge in [0.05, 0.1) is 12.2 Å². The van der Waals surface area contributed by atoms with Crippen LogP contribution in [-0.4, -0.2) is 62.3 Å². The molecule has 0 atom stereocenters. The summed E-state index contributed by atoms with van der Waals surface area (Å²) in [4.78, 5) is 9.37. The number of piperazine rings is 1. The average Bonchev–Trinajstić information content (AvgIpc) is 3.25. The standard InChI is InChI=1S/C24H38N6O/c1-19(2)23-17-22(31-28-23)18-27-24(25-4)26-10-5-6-11-29-12-14-30(15-13-29)21-9-7-8-20(3)16-21/h7-9,16-17,19H,5-6,10-15,18H2,1-4H3,(H2,25,26,27). The molecule has 1 aromatic carbocycles. The fourth-order valence-electron chi connectivity index (χ4n) is 3.80. The summed E-state index contributed by atoms with van der Waals surface area (Å²) in [6.07, 6.45) is 2.31. The monoisotopic (exact) mass is 426 g/mol. The van der Waals surface area contributed by atoms with E-state index in [4.69, 9.17) is 4.52 Å². The number of aromatic nitrogens is 1. The molecule has 1 fully saturated rings. The van der Waals surface area contributed by atoms with Crippen LogP contribution in [0.4, 0.5) is 5.69 Å². The molecule has 1 aliphatic rings. The Labute approximate surface area is 186 Å². The zero-order valence-corrected chi connectivity index (χ0v) is 19.5. The fraction of sp³-hybridized carbons (Fsp3) is 0.583. The number of rotatable bonds is 9. The van der Waals surface area contributed by atoms with Crippen molar-refractivity contribution in [1.82, 2.24) is 20.7 Å². The molecule has 2 N–H and O–H groups in total. The predicted molar refractivity (Wildman–Crippen MR) is 128 cm³/mol. The zero-order chi connectivity index (χ0) is 22.1. The highest BCUT2D eigenvalue weighted by Gasteiger charge is 2.16. The van der Waals surface area contributed by atoms with Gasteiger partial charge in [0.15, 0.2) is 11.7 Å². The van der Waals surface area contributed by atoms with E-state index in [0.717, 1.165) is 63.1 Å². The summed E-state index contributed by atoms with van der Waals surface area (Å²) >= 11 is 0. The van der Waals surface area contributed by atoms with Gasteiger partial charge in [-0.15, -0.1) is 0 Å². The van der Waals surface area contributed by atoms with Crippen molar-refractivity contribution in [2.45, 2.75) is 46.1 Å². The summed E-state index contributed by atoms with van der Waals surface area (Å²) in [6.45, 7) is 13.5. The van der Waals surface area contributed by atoms with Crippen LogP contribution in [-0.2, 0) is 6.54 Å². The van der Waals surface area contributed by atoms with Crippen LogP contribution in [0.3, 0.4) is 0 Å². The zero-order valence-electron chi connectivity index (χ0n) is 19.5. The lowest BCUT2D eigenvalue weighted by Crippen LogP contribution is -2.46. The van der Waals surface area contributed by atoms with E-state index in [9.17, 15) is 0 Å². The molecule has 2 heterocycles. The summed E-state index contributed by atoms with van der Waals surface area (Å²) < 4.78 is 5.37. The Bertz CT molecular complexity index is 823. The lowest BCUT2D eigenvalue weighted by atomic mass is 10.1. The first-order valence-corrected chi connectivity index (χ1v) is 11.5. The Balaban J connectivity index is 1.27. The molecule has 1 aromatic heterocycles. The van der Waals surface area contributed by atoms with E-state index in [0.29, 0.717) is 12.5 Å². The highest BCUT2D eigenvalue weighted by molar-refractivity contribution is 5.79. The quantitative estimate of drug-likeness (QED) is 0.364. The number of aliphatic imine (C=N–C) groups is 1. The second kappa shape index (κ2) is 11.7. The van der Waals surface area contributed by atoms with Crippen LogP contribution in [0.5, 0.6) is 0 Å². The molecule has 31 heavy (non-hydrogen) atoms. The third-order valence-corrected chi connectivity index (χ3v) is 5.76. The van der Waals surface area contributed by atoms with E-state index < -0.39 is 0 Å². The van der Waals surface area contributed by atoms with Gasteiger partial charge in [0.25, 0.3) is 0 Å². The first-order chi connectivity index (χ1) is 15.0. The van der Waals surface area contributed by atoms with E-state index in [-0.39, 0.29) is 0 Å². The lowest BCUT2D eigenvalue weighted by molar-refractivity contribution is 0.253. The van der Waals surface area contributed by atoms with Gasteiger partial charge in [0.1, 0.15) is 0 Å². The number of guanidine groups is 1. The van der Waals surface area contributed by atoms with Crippen LogP contribution < -0.4 is 15.5 Å². The first-order valence-electron chi connectivity index (χ1n) is 11.5. The van der Waals surface area contributed by atoms with Crippen molar-refractivity contribution in [3.05, 3.63) is 47.3 Å². The smallest absolute Gasteiger partial charge is 0.191 e. The van der Waals surface area contributed by atoms with Crippen molar-refractivity contribution >= 4 is 11.6 Å². The molecular formula is C24H38N6O. The second-order valence-corrected chi connectivity index (χ2v) is 8.60. The lowest BCUT2D eigenvalue weighted by Gasteiger charge is -2.36. The van der Waals surface area contributed by atoms with E-state index in [1.54, 1.807) is 7.05 Å². The third-order valence-electron chi connectivity index (χ3n) is 5.76. The molecule has 1 saturated heterocycles. The number of hydrogen-bond acceptors (Lipinski definition) is 5. The number of aryl methyl sites for hydroxylation is 1. The van der Waals surface area contributed by atoms with Gasteiger partial charge in [-0.2, -0.15) is 0 Å². The van der Waals surface area contributed by atoms with Gasteiger partial charge in [0.2, 0.25) is 0 Å². The maximum absolute atomic E-state index is 5.37. The third kappa shape index (κ3) is 7.28. The van der Waals surface area contributed by atoms with Gasteiger partial charge >= 0.3 is 0 Å². The van der Waals surface area contributed by atoms with Crippen molar-refractivity contribution in [3.63, 3.8) is 0 Å². The number of hydrogen-bond donors (Lipinski definition) is 2. The van der Waals surface area contributed by atoms with Crippen LogP contribution in [0.15, 0.2) is 39.8 Å². The molecule has 0 aliphatic carbocycles. The van der Waals surface area contributed by atoms with E-state index >= 15 is 0 Å². The van der Waals surface area contributed by atoms with Crippen LogP contribution in [0, 0.1) is 6.92 Å². The molecule has 0 saturated carbocycles. The number of benzene rings is 1. The van der Waals surface area contributed by atoms with Gasteiger partial charge in [-0.3, -0.25) is 9.89 Å². The highest BCUT2D eigenvalue weighted by Crippen LogP contribution is 2.18. The van der Waals surface area contributed by atoms with E-state index in [1.807, 2.05) is 6.07 Å². The molecule has 0 unspecified atom stereocenters. The van der Waals surface area contributed by atoms with E-state index in [1.165, 1.54) is 17.7 Å². The van der Waals surface area contributed by atoms with Crippen molar-refractivity contribution in [1.29, 1.82) is 0 Å². The van der Waals surface area contributed by atoms with Crippen LogP contribution >= 0.6 is 0 Å². The van der Waals surface area contributed by atoms with Gasteiger partial charge in [-0.1, -0.05) is 31.1 Å². The molecule has 7 nitrogen and oxygen atoms in total. The molecule has 0 amide bonds. The first kappa shape index (κ1) is 23.1. The Kier molecular flexibility index (Phi) is 8.76. The van der Waals surface area contributed by atoms with Gasteiger partial charge < -0.3 is 20.1 Å². The van der Waals surface area contributed by atoms with Gasteiger partial charge in [-0.05, 0) is 49.9 Å². The normalized spacial score (nSPS) is 15.5. The van der Waals surface area contributed by atoms with Crippen LogP contribution in [0.2, 0.25) is 0 Å². The van der Waals surface area contributed by atoms with Crippen molar-refractivity contribution in [2.75, 3.05) is 51.2 Å². The minimum absolute atomic E-state index is 0.375. The molecule has 0 bridgehead atoms. The fourth-order valence-corrected chi connectivity index (χ4v) is 3.80. The molecule has 0 radical (unpaired) electrons. The number of nitrogens with one attached hydrogen (secondary N) is 2. The summed E-state index contributed by atoms with van der Waals surface area (Å²) in [7, 11) is 1.79. The number of unbranched alkanes of at least 4 members (excludes halogenated alkanes) is 1. The van der Waals surface area contributed by atoms with Crippen LogP contribution in [0.1, 0.15) is 49.6 Å². The summed E-state index contributed by atoms with van der Waals surface area (Å²) in [5.41, 5.74) is 3.67. The van der Waals surface area contributed by atoms with Crippen molar-refractivity contribution < 1.29 is 4.52 Å². The minimum Gasteiger partial charge on any atom is -0.369 e. The highest BCUT2D eigenvalue weighted by atomic mass is 16.5. The molecular weight excluding hydrogens is 388 g/mol. The van der Waals surface area contributed by atoms with Crippen molar-refractivity contribution in [3.8, 4) is 0 Å². The Morgan fingerprint density at radius 1 is 1.13 bits per heavy atom. The molecule has 0 spiro atoms. The maximum atomic E-state index is 5.37. The largest absolute Gasteiger partial charge is 0.369 e. The van der Waals surface area contributed by atoms with Crippen molar-refractivity contribution in [2.24, 2.45) is 4.99 Å². The Hall–Kier alpha value is -2.54.